The Morgan fingerprint density at radius 3 is 2.50 bits per heavy atom. The number of nitrogens with one attached hydrogen (secondary N) is 1. The number of hydrogen-bond donors (Lipinski definition) is 2. The summed E-state index contributed by atoms with van der Waals surface area (Å²) >= 11 is 0. The van der Waals surface area contributed by atoms with Gasteiger partial charge in [0.25, 0.3) is 5.91 Å². The molecular formula is C24H25N5O5. The summed E-state index contributed by atoms with van der Waals surface area (Å²) in [6.45, 7) is 7.98. The van der Waals surface area contributed by atoms with Crippen molar-refractivity contribution < 1.29 is 24.2 Å². The van der Waals surface area contributed by atoms with E-state index in [2.05, 4.69) is 15.6 Å². The van der Waals surface area contributed by atoms with Gasteiger partial charge >= 0.3 is 5.97 Å². The monoisotopic (exact) mass is 463 g/mol. The standard InChI is InChI=1S/C24H25N5O5/c1-13-6-7-15(8-19(13)29-11-18(23(32)33)26-27-29)22(31)25-17-9-16-20(10-21(17)34-5)28(14(2)30)12-24(16,3)4/h6-11H,12H2,1-5H3,(H,25,31)(H,32,33). The number of carbonyl (C=O) groups is 3. The number of methoxy groups -OCH3 is 1. The number of carboxylic acids is 1. The van der Waals surface area contributed by atoms with Gasteiger partial charge in [0.05, 0.1) is 30.4 Å². The van der Waals surface area contributed by atoms with E-state index in [1.807, 2.05) is 26.8 Å². The molecule has 3 aromatic rings. The van der Waals surface area contributed by atoms with E-state index in [1.54, 1.807) is 29.2 Å². The Labute approximate surface area is 196 Å². The maximum Gasteiger partial charge on any atom is 0.358 e. The Kier molecular flexibility index (Phi) is 5.60. The summed E-state index contributed by atoms with van der Waals surface area (Å²) in [6.07, 6.45) is 1.29. The van der Waals surface area contributed by atoms with Crippen molar-refractivity contribution >= 4 is 29.2 Å². The van der Waals surface area contributed by atoms with Crippen molar-refractivity contribution in [1.29, 1.82) is 0 Å². The fraction of sp³-hybridized carbons (Fsp3) is 0.292. The largest absolute Gasteiger partial charge is 0.494 e. The second-order valence-corrected chi connectivity index (χ2v) is 8.87. The number of aromatic nitrogens is 3. The lowest BCUT2D eigenvalue weighted by atomic mass is 9.86. The van der Waals surface area contributed by atoms with Crippen LogP contribution in [0.15, 0.2) is 36.5 Å². The van der Waals surface area contributed by atoms with Crippen LogP contribution < -0.4 is 15.0 Å². The van der Waals surface area contributed by atoms with Gasteiger partial charge in [-0.25, -0.2) is 9.48 Å². The summed E-state index contributed by atoms with van der Waals surface area (Å²) in [5.41, 5.74) is 3.38. The molecule has 0 atom stereocenters. The van der Waals surface area contributed by atoms with Gasteiger partial charge in [0.2, 0.25) is 5.91 Å². The minimum Gasteiger partial charge on any atom is -0.494 e. The van der Waals surface area contributed by atoms with Crippen molar-refractivity contribution in [3.8, 4) is 11.4 Å². The van der Waals surface area contributed by atoms with Gasteiger partial charge in [-0.2, -0.15) is 0 Å². The van der Waals surface area contributed by atoms with E-state index in [9.17, 15) is 14.4 Å². The zero-order chi connectivity index (χ0) is 24.8. The number of carbonyl (C=O) groups excluding carboxylic acids is 2. The summed E-state index contributed by atoms with van der Waals surface area (Å²) in [5.74, 6) is -1.19. The number of aryl methyl sites for hydroxylation is 1. The lowest BCUT2D eigenvalue weighted by Gasteiger charge is -2.19. The SMILES string of the molecule is COc1cc2c(cc1NC(=O)c1ccc(C)c(-n3cc(C(=O)O)nn3)c1)C(C)(C)CN2C(C)=O. The Bertz CT molecular complexity index is 1330. The molecule has 2 heterocycles. The average Bonchev–Trinajstić information content (AvgIpc) is 3.37. The van der Waals surface area contributed by atoms with Crippen LogP contribution in [0.4, 0.5) is 11.4 Å². The van der Waals surface area contributed by atoms with Crippen LogP contribution in [0, 0.1) is 6.92 Å². The van der Waals surface area contributed by atoms with Gasteiger partial charge in [-0.1, -0.05) is 25.1 Å². The van der Waals surface area contributed by atoms with Gasteiger partial charge in [-0.05, 0) is 36.2 Å². The Morgan fingerprint density at radius 1 is 1.15 bits per heavy atom. The molecule has 0 radical (unpaired) electrons. The molecule has 0 saturated carbocycles. The molecule has 0 bridgehead atoms. The topological polar surface area (TPSA) is 127 Å². The van der Waals surface area contributed by atoms with Gasteiger partial charge in [-0.15, -0.1) is 5.10 Å². The number of amides is 2. The van der Waals surface area contributed by atoms with Crippen LogP contribution in [0.3, 0.4) is 0 Å². The predicted molar refractivity (Wildman–Crippen MR) is 125 cm³/mol. The normalized spacial score (nSPS) is 14.0. The van der Waals surface area contributed by atoms with E-state index < -0.39 is 5.97 Å². The van der Waals surface area contributed by atoms with Gasteiger partial charge in [-0.3, -0.25) is 9.59 Å². The van der Waals surface area contributed by atoms with E-state index in [0.717, 1.165) is 16.8 Å². The van der Waals surface area contributed by atoms with Crippen LogP contribution in [0.25, 0.3) is 5.69 Å². The number of nitrogens with zero attached hydrogens (tertiary/aromatic N) is 4. The molecule has 2 aromatic carbocycles. The molecule has 10 heteroatoms. The number of carboxylic acid groups (broad SMARTS) is 1. The number of fused-ring (bicyclic) bond motifs is 1. The summed E-state index contributed by atoms with van der Waals surface area (Å²) in [6, 6.07) is 8.65. The number of aromatic carboxylic acids is 1. The minimum absolute atomic E-state index is 0.0583. The van der Waals surface area contributed by atoms with Crippen molar-refractivity contribution in [1.82, 2.24) is 15.0 Å². The second kappa shape index (κ2) is 8.29. The van der Waals surface area contributed by atoms with Gasteiger partial charge in [0.1, 0.15) is 5.75 Å². The van der Waals surface area contributed by atoms with E-state index in [-0.39, 0.29) is 22.9 Å². The third-order valence-corrected chi connectivity index (χ3v) is 5.95. The number of rotatable bonds is 5. The van der Waals surface area contributed by atoms with Crippen LogP contribution >= 0.6 is 0 Å². The van der Waals surface area contributed by atoms with Crippen molar-refractivity contribution in [2.75, 3.05) is 23.9 Å². The Morgan fingerprint density at radius 2 is 1.88 bits per heavy atom. The molecule has 10 nitrogen and oxygen atoms in total. The van der Waals surface area contributed by atoms with Crippen molar-refractivity contribution in [2.45, 2.75) is 33.1 Å². The molecule has 1 aliphatic rings. The van der Waals surface area contributed by atoms with Gasteiger partial charge in [0.15, 0.2) is 5.69 Å². The molecule has 0 fully saturated rings. The highest BCUT2D eigenvalue weighted by Crippen LogP contribution is 2.45. The van der Waals surface area contributed by atoms with Gasteiger partial charge < -0.3 is 20.1 Å². The highest BCUT2D eigenvalue weighted by Gasteiger charge is 2.38. The molecule has 176 valence electrons. The average molecular weight is 463 g/mol. The predicted octanol–water partition coefficient (Wildman–Crippen LogP) is 3.18. The fourth-order valence-electron chi connectivity index (χ4n) is 4.12. The first-order valence-electron chi connectivity index (χ1n) is 10.6. The van der Waals surface area contributed by atoms with Crippen molar-refractivity contribution in [3.05, 3.63) is 58.9 Å². The molecule has 2 amide bonds. The van der Waals surface area contributed by atoms with Crippen molar-refractivity contribution in [2.24, 2.45) is 0 Å². The third-order valence-electron chi connectivity index (χ3n) is 5.95. The quantitative estimate of drug-likeness (QED) is 0.595. The first-order chi connectivity index (χ1) is 16.0. The van der Waals surface area contributed by atoms with Gasteiger partial charge in [0, 0.05) is 30.5 Å². The molecule has 0 spiro atoms. The maximum absolute atomic E-state index is 13.2. The fourth-order valence-corrected chi connectivity index (χ4v) is 4.12. The zero-order valence-corrected chi connectivity index (χ0v) is 19.5. The summed E-state index contributed by atoms with van der Waals surface area (Å²) < 4.78 is 6.83. The molecule has 4 rings (SSSR count). The van der Waals surface area contributed by atoms with E-state index in [4.69, 9.17) is 9.84 Å². The maximum atomic E-state index is 13.2. The number of anilines is 2. The molecule has 0 aliphatic carbocycles. The van der Waals surface area contributed by atoms with E-state index in [0.29, 0.717) is 29.2 Å². The van der Waals surface area contributed by atoms with E-state index in [1.165, 1.54) is 24.9 Å². The van der Waals surface area contributed by atoms with Crippen LogP contribution in [0.2, 0.25) is 0 Å². The lowest BCUT2D eigenvalue weighted by Crippen LogP contribution is -2.31. The van der Waals surface area contributed by atoms with Crippen LogP contribution in [-0.2, 0) is 10.2 Å². The molecule has 0 unspecified atom stereocenters. The lowest BCUT2D eigenvalue weighted by molar-refractivity contribution is -0.116. The number of ether oxygens (including phenoxy) is 1. The molecule has 34 heavy (non-hydrogen) atoms. The Balaban J connectivity index is 1.68. The molecule has 1 aromatic heterocycles. The van der Waals surface area contributed by atoms with Crippen LogP contribution in [0.1, 0.15) is 52.7 Å². The second-order valence-electron chi connectivity index (χ2n) is 8.87. The summed E-state index contributed by atoms with van der Waals surface area (Å²) in [7, 11) is 1.50. The van der Waals surface area contributed by atoms with Crippen LogP contribution in [0.5, 0.6) is 5.75 Å². The summed E-state index contributed by atoms with van der Waals surface area (Å²) in [4.78, 5) is 38.1. The first-order valence-corrected chi connectivity index (χ1v) is 10.6. The Hall–Kier alpha value is -4.21. The third kappa shape index (κ3) is 3.98. The highest BCUT2D eigenvalue weighted by atomic mass is 16.5. The van der Waals surface area contributed by atoms with Crippen LogP contribution in [-0.4, -0.2) is 51.5 Å². The zero-order valence-electron chi connectivity index (χ0n) is 19.5. The van der Waals surface area contributed by atoms with E-state index >= 15 is 0 Å². The number of benzene rings is 2. The molecule has 1 aliphatic heterocycles. The molecule has 0 saturated heterocycles. The van der Waals surface area contributed by atoms with Crippen molar-refractivity contribution in [3.63, 3.8) is 0 Å². The minimum atomic E-state index is -1.19. The molecule has 2 N–H and O–H groups in total. The smallest absolute Gasteiger partial charge is 0.358 e. The number of hydrogen-bond acceptors (Lipinski definition) is 6. The molecular weight excluding hydrogens is 438 g/mol. The highest BCUT2D eigenvalue weighted by molar-refractivity contribution is 6.06. The summed E-state index contributed by atoms with van der Waals surface area (Å²) in [5, 5.41) is 19.5. The first kappa shape index (κ1) is 23.0.